The lowest BCUT2D eigenvalue weighted by molar-refractivity contribution is -0.137. The molecule has 1 amide bonds. The highest BCUT2D eigenvalue weighted by atomic mass is 79.9. The highest BCUT2D eigenvalue weighted by molar-refractivity contribution is 9.10. The van der Waals surface area contributed by atoms with Gasteiger partial charge >= 0.3 is 5.97 Å². The van der Waals surface area contributed by atoms with Crippen LogP contribution in [0.2, 0.25) is 0 Å². The Hall–Kier alpha value is -4.88. The summed E-state index contributed by atoms with van der Waals surface area (Å²) in [6, 6.07) is 38.0. The van der Waals surface area contributed by atoms with Gasteiger partial charge in [0.1, 0.15) is 11.5 Å². The second-order valence-corrected chi connectivity index (χ2v) is 13.1. The van der Waals surface area contributed by atoms with E-state index in [1.807, 2.05) is 91.0 Å². The maximum Gasteiger partial charge on any atom is 0.305 e. The largest absolute Gasteiger partial charge is 0.481 e. The maximum absolute atomic E-state index is 13.7. The number of benzene rings is 5. The zero-order valence-electron chi connectivity index (χ0n) is 26.1. The maximum atomic E-state index is 13.7. The third kappa shape index (κ3) is 8.43. The quantitative estimate of drug-likeness (QED) is 0.130. The number of amides is 1. The Balaban J connectivity index is 1.34. The molecule has 1 atom stereocenters. The Labute approximate surface area is 278 Å². The molecule has 0 saturated heterocycles. The average Bonchev–Trinajstić information content (AvgIpc) is 3.04. The number of hydrogen-bond donors (Lipinski definition) is 3. The van der Waals surface area contributed by atoms with Gasteiger partial charge in [-0.15, -0.1) is 0 Å². The zero-order valence-corrected chi connectivity index (χ0v) is 27.7. The van der Waals surface area contributed by atoms with Gasteiger partial charge < -0.3 is 20.5 Å². The Morgan fingerprint density at radius 1 is 0.826 bits per heavy atom. The fourth-order valence-electron chi connectivity index (χ4n) is 5.15. The summed E-state index contributed by atoms with van der Waals surface area (Å²) in [5, 5.41) is 16.1. The van der Waals surface area contributed by atoms with E-state index in [-0.39, 0.29) is 17.7 Å². The topological polar surface area (TPSA) is 87.7 Å². The van der Waals surface area contributed by atoms with Crippen LogP contribution in [0.25, 0.3) is 11.1 Å². The molecule has 46 heavy (non-hydrogen) atoms. The number of carbonyl (C=O) groups is 2. The highest BCUT2D eigenvalue weighted by Gasteiger charge is 2.22. The van der Waals surface area contributed by atoms with Crippen LogP contribution in [0.4, 0.5) is 5.69 Å². The number of para-hydroxylation sites is 2. The SMILES string of the molecule is CC(C)(C)c1ccc(CNc2ccc(Br)cc2C(=O)NC(CC(=O)O)c2ccc(-c3ccccc3Oc3ccccc3)cc2)cc1. The van der Waals surface area contributed by atoms with E-state index in [2.05, 4.69) is 71.6 Å². The van der Waals surface area contributed by atoms with Crippen LogP contribution in [0.3, 0.4) is 0 Å². The average molecular weight is 678 g/mol. The van der Waals surface area contributed by atoms with Gasteiger partial charge in [0.25, 0.3) is 5.91 Å². The first-order valence-corrected chi connectivity index (χ1v) is 15.9. The van der Waals surface area contributed by atoms with Gasteiger partial charge in [-0.05, 0) is 64.1 Å². The molecule has 0 bridgehead atoms. The Kier molecular flexibility index (Phi) is 10.2. The van der Waals surface area contributed by atoms with E-state index >= 15 is 0 Å². The summed E-state index contributed by atoms with van der Waals surface area (Å²) in [7, 11) is 0. The summed E-state index contributed by atoms with van der Waals surface area (Å²) in [5.74, 6) is 0.0541. The van der Waals surface area contributed by atoms with Crippen molar-refractivity contribution in [3.8, 4) is 22.6 Å². The first-order chi connectivity index (χ1) is 22.1. The molecule has 0 radical (unpaired) electrons. The van der Waals surface area contributed by atoms with Crippen LogP contribution in [0, 0.1) is 0 Å². The number of nitrogens with one attached hydrogen (secondary N) is 2. The van der Waals surface area contributed by atoms with Crippen LogP contribution in [0.1, 0.15) is 60.3 Å². The van der Waals surface area contributed by atoms with Gasteiger partial charge in [0, 0.05) is 22.3 Å². The van der Waals surface area contributed by atoms with Crippen molar-refractivity contribution in [3.05, 3.63) is 148 Å². The van der Waals surface area contributed by atoms with Crippen molar-refractivity contribution in [2.24, 2.45) is 0 Å². The first-order valence-electron chi connectivity index (χ1n) is 15.1. The summed E-state index contributed by atoms with van der Waals surface area (Å²) in [6.07, 6.45) is -0.268. The van der Waals surface area contributed by atoms with Gasteiger partial charge in [0.2, 0.25) is 0 Å². The molecule has 234 valence electrons. The van der Waals surface area contributed by atoms with Gasteiger partial charge in [-0.1, -0.05) is 122 Å². The molecule has 0 spiro atoms. The molecule has 5 aromatic rings. The van der Waals surface area contributed by atoms with E-state index in [9.17, 15) is 14.7 Å². The third-order valence-electron chi connectivity index (χ3n) is 7.70. The molecule has 0 aliphatic carbocycles. The summed E-state index contributed by atoms with van der Waals surface area (Å²) >= 11 is 3.48. The van der Waals surface area contributed by atoms with Crippen LogP contribution in [-0.2, 0) is 16.8 Å². The van der Waals surface area contributed by atoms with Gasteiger partial charge in [-0.3, -0.25) is 9.59 Å². The third-order valence-corrected chi connectivity index (χ3v) is 8.19. The minimum atomic E-state index is -1.01. The minimum Gasteiger partial charge on any atom is -0.481 e. The lowest BCUT2D eigenvalue weighted by atomic mass is 9.87. The second kappa shape index (κ2) is 14.5. The molecular formula is C39H37BrN2O4. The van der Waals surface area contributed by atoms with Crippen LogP contribution in [0.15, 0.2) is 126 Å². The van der Waals surface area contributed by atoms with Crippen LogP contribution in [0.5, 0.6) is 11.5 Å². The number of carbonyl (C=O) groups excluding carboxylic acids is 1. The predicted molar refractivity (Wildman–Crippen MR) is 187 cm³/mol. The summed E-state index contributed by atoms with van der Waals surface area (Å²) in [6.45, 7) is 7.07. The Morgan fingerprint density at radius 3 is 2.17 bits per heavy atom. The molecule has 1 unspecified atom stereocenters. The van der Waals surface area contributed by atoms with Crippen molar-refractivity contribution in [1.82, 2.24) is 5.32 Å². The van der Waals surface area contributed by atoms with E-state index in [1.54, 1.807) is 6.07 Å². The molecule has 5 aromatic carbocycles. The van der Waals surface area contributed by atoms with E-state index in [1.165, 1.54) is 5.56 Å². The Morgan fingerprint density at radius 2 is 1.50 bits per heavy atom. The van der Waals surface area contributed by atoms with Crippen molar-refractivity contribution < 1.29 is 19.4 Å². The summed E-state index contributed by atoms with van der Waals surface area (Å²) in [4.78, 5) is 25.6. The van der Waals surface area contributed by atoms with E-state index < -0.39 is 12.0 Å². The normalized spacial score (nSPS) is 11.8. The molecular weight excluding hydrogens is 640 g/mol. The van der Waals surface area contributed by atoms with Crippen molar-refractivity contribution in [2.75, 3.05) is 5.32 Å². The van der Waals surface area contributed by atoms with Gasteiger partial charge in [-0.2, -0.15) is 0 Å². The lowest BCUT2D eigenvalue weighted by Gasteiger charge is -2.20. The minimum absolute atomic E-state index is 0.0665. The number of carboxylic acid groups (broad SMARTS) is 1. The molecule has 0 aromatic heterocycles. The fourth-order valence-corrected chi connectivity index (χ4v) is 5.51. The molecule has 6 nitrogen and oxygen atoms in total. The zero-order chi connectivity index (χ0) is 32.7. The summed E-state index contributed by atoms with van der Waals surface area (Å²) < 4.78 is 6.88. The highest BCUT2D eigenvalue weighted by Crippen LogP contribution is 2.34. The van der Waals surface area contributed by atoms with Crippen molar-refractivity contribution in [2.45, 2.75) is 45.2 Å². The van der Waals surface area contributed by atoms with Crippen LogP contribution < -0.4 is 15.4 Å². The van der Waals surface area contributed by atoms with Crippen molar-refractivity contribution in [3.63, 3.8) is 0 Å². The molecule has 0 saturated carbocycles. The van der Waals surface area contributed by atoms with E-state index in [4.69, 9.17) is 4.74 Å². The van der Waals surface area contributed by atoms with Crippen LogP contribution in [-0.4, -0.2) is 17.0 Å². The number of ether oxygens (including phenoxy) is 1. The molecule has 5 rings (SSSR count). The van der Waals surface area contributed by atoms with E-state index in [0.717, 1.165) is 26.9 Å². The van der Waals surface area contributed by atoms with Crippen molar-refractivity contribution >= 4 is 33.5 Å². The molecule has 0 aliphatic heterocycles. The van der Waals surface area contributed by atoms with Gasteiger partial charge in [-0.25, -0.2) is 0 Å². The fraction of sp³-hybridized carbons (Fsp3) is 0.179. The summed E-state index contributed by atoms with van der Waals surface area (Å²) in [5.41, 5.74) is 5.96. The molecule has 3 N–H and O–H groups in total. The molecule has 7 heteroatoms. The number of anilines is 1. The van der Waals surface area contributed by atoms with E-state index in [0.29, 0.717) is 29.1 Å². The smallest absolute Gasteiger partial charge is 0.305 e. The van der Waals surface area contributed by atoms with Crippen LogP contribution >= 0.6 is 15.9 Å². The molecule has 0 aliphatic rings. The molecule has 0 fully saturated rings. The number of halogens is 1. The number of hydrogen-bond acceptors (Lipinski definition) is 4. The number of aliphatic carboxylic acids is 1. The standard InChI is InChI=1S/C39H37BrN2O4/c1-39(2,3)29-19-13-26(14-20-29)25-41-34-22-21-30(40)23-33(34)38(45)42-35(24-37(43)44)28-17-15-27(16-18-28)32-11-7-8-12-36(32)46-31-9-5-4-6-10-31/h4-23,35,41H,24-25H2,1-3H3,(H,42,45)(H,43,44). The lowest BCUT2D eigenvalue weighted by Crippen LogP contribution is -2.30. The predicted octanol–water partition coefficient (Wildman–Crippen LogP) is 9.76. The van der Waals surface area contributed by atoms with Gasteiger partial charge in [0.15, 0.2) is 0 Å². The first kappa shape index (κ1) is 32.5. The van der Waals surface area contributed by atoms with Crippen molar-refractivity contribution in [1.29, 1.82) is 0 Å². The second-order valence-electron chi connectivity index (χ2n) is 12.1. The van der Waals surface area contributed by atoms with Gasteiger partial charge in [0.05, 0.1) is 18.0 Å². The number of carboxylic acids is 1. The number of rotatable bonds is 11. The monoisotopic (exact) mass is 676 g/mol. The molecule has 0 heterocycles. The Bertz CT molecular complexity index is 1800.